The van der Waals surface area contributed by atoms with Crippen LogP contribution in [0.2, 0.25) is 4.34 Å². The van der Waals surface area contributed by atoms with E-state index in [1.54, 1.807) is 17.4 Å². The SMILES string of the molecule is CC(C)c1ncc(CN2C(=S)C3(COc4c3cc3c(c4-c4cc(Cl)sc4CN4C(=S)C5(COc6c5cc5c(c6-c6cc(C(F)(F)F)sc6CN6C(=S)C7(COc8cc9c(cc87)OCO9)c7cccn76)OCO5)c5cccn54)OCO3)c3cccn32)s1. The van der Waals surface area contributed by atoms with Gasteiger partial charge in [-0.2, -0.15) is 13.2 Å². The molecule has 0 radical (unpaired) electrons. The minimum atomic E-state index is -4.70. The fourth-order valence-corrected chi connectivity index (χ4v) is 18.4. The van der Waals surface area contributed by atoms with Crippen molar-refractivity contribution in [2.24, 2.45) is 0 Å². The van der Waals surface area contributed by atoms with Gasteiger partial charge in [-0.05, 0) is 66.7 Å². The van der Waals surface area contributed by atoms with Crippen molar-refractivity contribution in [1.82, 2.24) is 19.0 Å². The van der Waals surface area contributed by atoms with Crippen LogP contribution in [0.3, 0.4) is 0 Å². The standard InChI is InChI=1S/C60H41ClF3N7O9S6/c1-28(2)53-65-18-29(84-53)19-69-55(82)58(43-7-4-9-66(43)69)23-74-50-34(58)16-39-52(80-27-78-39)48(50)31-13-46(61)86-41(31)21-71-56(83)59(44-8-5-11-68(44)71)24-73-49-33(59)15-38-51(79-26-77-38)47(49)30-12-45(60(62,63)64)85-40(30)20-70-54(81)57(42-6-3-10-67(42)70)22-72-35-17-37-36(14-32(35)57)75-25-76-37/h3-18,28H,19-27H2,1-2H3. The molecule has 0 aliphatic carbocycles. The number of benzene rings is 3. The highest BCUT2D eigenvalue weighted by molar-refractivity contribution is 7.81. The van der Waals surface area contributed by atoms with E-state index >= 15 is 13.2 Å². The van der Waals surface area contributed by atoms with Crippen molar-refractivity contribution in [1.29, 1.82) is 0 Å². The van der Waals surface area contributed by atoms with E-state index in [0.29, 0.717) is 111 Å². The Bertz CT molecular complexity index is 4550. The molecular weight excluding hydrogens is 1250 g/mol. The molecule has 0 N–H and O–H groups in total. The van der Waals surface area contributed by atoms with Crippen LogP contribution in [-0.2, 0) is 42.1 Å². The second-order valence-electron chi connectivity index (χ2n) is 22.5. The quantitative estimate of drug-likeness (QED) is 0.127. The molecule has 86 heavy (non-hydrogen) atoms. The van der Waals surface area contributed by atoms with E-state index in [4.69, 9.17) is 95.9 Å². The lowest BCUT2D eigenvalue weighted by Gasteiger charge is -2.26. The van der Waals surface area contributed by atoms with Crippen LogP contribution < -0.4 is 57.7 Å². The molecule has 0 saturated heterocycles. The van der Waals surface area contributed by atoms with Crippen molar-refractivity contribution < 1.29 is 55.8 Å². The summed E-state index contributed by atoms with van der Waals surface area (Å²) in [5.74, 6) is 4.63. The zero-order valence-electron chi connectivity index (χ0n) is 44.9. The second-order valence-corrected chi connectivity index (χ2v) is 27.7. The van der Waals surface area contributed by atoms with Gasteiger partial charge in [0.1, 0.15) is 73.2 Å². The Hall–Kier alpha value is -7.52. The molecule has 434 valence electrons. The molecule has 18 rings (SSSR count). The number of hydrogen-bond donors (Lipinski definition) is 0. The number of thiophene rings is 2. The van der Waals surface area contributed by atoms with Crippen molar-refractivity contribution in [2.45, 2.75) is 61.8 Å². The number of hydrogen-bond acceptors (Lipinski definition) is 16. The Morgan fingerprint density at radius 3 is 1.57 bits per heavy atom. The Labute approximate surface area is 519 Å². The van der Waals surface area contributed by atoms with Crippen LogP contribution in [-0.4, -0.2) is 74.2 Å². The molecule has 9 aliphatic rings. The number of aromatic nitrogens is 4. The van der Waals surface area contributed by atoms with Gasteiger partial charge < -0.3 is 42.6 Å². The molecule has 0 bridgehead atoms. The smallest absolute Gasteiger partial charge is 0.425 e. The number of thiocarbonyl (C=S) groups is 3. The third-order valence-electron chi connectivity index (χ3n) is 17.8. The Kier molecular flexibility index (Phi) is 10.7. The molecule has 6 aromatic heterocycles. The van der Waals surface area contributed by atoms with E-state index in [2.05, 4.69) is 29.6 Å². The molecule has 0 amide bonds. The first-order valence-electron chi connectivity index (χ1n) is 27.4. The molecular formula is C60H41ClF3N7O9S6. The van der Waals surface area contributed by atoms with E-state index in [9.17, 15) is 0 Å². The molecule has 9 aromatic rings. The van der Waals surface area contributed by atoms with E-state index in [1.807, 2.05) is 98.8 Å². The summed E-state index contributed by atoms with van der Waals surface area (Å²) in [6.07, 6.45) is 3.05. The topological polar surface area (TPSA) is 120 Å². The molecule has 15 heterocycles. The third-order valence-corrected chi connectivity index (χ3v) is 23.2. The molecule has 3 atom stereocenters. The lowest BCUT2D eigenvalue weighted by molar-refractivity contribution is -0.134. The molecule has 0 saturated carbocycles. The number of ether oxygens (including phenoxy) is 9. The van der Waals surface area contributed by atoms with Gasteiger partial charge in [0, 0.05) is 79.2 Å². The summed E-state index contributed by atoms with van der Waals surface area (Å²) in [5, 5.41) is 7.03. The molecule has 3 aromatic carbocycles. The fourth-order valence-electron chi connectivity index (χ4n) is 14.0. The Balaban J connectivity index is 0.715. The van der Waals surface area contributed by atoms with Gasteiger partial charge >= 0.3 is 6.18 Å². The van der Waals surface area contributed by atoms with Crippen LogP contribution in [0, 0.1) is 0 Å². The monoisotopic (exact) mass is 1290 g/mol. The van der Waals surface area contributed by atoms with Crippen LogP contribution in [0.25, 0.3) is 22.3 Å². The lowest BCUT2D eigenvalue weighted by Crippen LogP contribution is -2.42. The highest BCUT2D eigenvalue weighted by Gasteiger charge is 2.60. The minimum Gasteiger partial charge on any atom is -0.491 e. The molecule has 9 aliphatic heterocycles. The van der Waals surface area contributed by atoms with Gasteiger partial charge in [0.05, 0.1) is 57.2 Å². The maximum atomic E-state index is 15.3. The average Bonchev–Trinajstić information content (AvgIpc) is 1.58. The number of nitrogens with zero attached hydrogens (tertiary/aromatic N) is 7. The van der Waals surface area contributed by atoms with Gasteiger partial charge in [0.25, 0.3) is 0 Å². The number of alkyl halides is 3. The second kappa shape index (κ2) is 17.8. The molecule has 3 unspecified atom stereocenters. The lowest BCUT2D eigenvalue weighted by atomic mass is 9.78. The van der Waals surface area contributed by atoms with E-state index in [-0.39, 0.29) is 64.6 Å². The average molecular weight is 1290 g/mol. The summed E-state index contributed by atoms with van der Waals surface area (Å²) in [6, 6.07) is 22.5. The highest BCUT2D eigenvalue weighted by atomic mass is 35.5. The summed E-state index contributed by atoms with van der Waals surface area (Å²) in [5.41, 5.74) is 3.92. The number of fused-ring (bicyclic) bond motifs is 15. The van der Waals surface area contributed by atoms with Crippen molar-refractivity contribution in [3.05, 3.63) is 160 Å². The number of halogens is 4. The van der Waals surface area contributed by atoms with Crippen molar-refractivity contribution >= 4 is 97.2 Å². The summed E-state index contributed by atoms with van der Waals surface area (Å²) in [6.45, 7) is 5.31. The van der Waals surface area contributed by atoms with Crippen LogP contribution >= 0.6 is 82.3 Å². The number of rotatable bonds is 9. The number of thiazole rings is 1. The van der Waals surface area contributed by atoms with Crippen LogP contribution in [0.15, 0.2) is 97.6 Å². The first kappa shape index (κ1) is 51.7. The largest absolute Gasteiger partial charge is 0.491 e. The first-order chi connectivity index (χ1) is 41.6. The zero-order valence-corrected chi connectivity index (χ0v) is 50.6. The van der Waals surface area contributed by atoms with Gasteiger partial charge in [-0.25, -0.2) is 4.98 Å². The molecule has 0 fully saturated rings. The van der Waals surface area contributed by atoms with E-state index in [1.165, 1.54) is 17.4 Å². The highest BCUT2D eigenvalue weighted by Crippen LogP contribution is 2.63. The van der Waals surface area contributed by atoms with Gasteiger partial charge in [-0.3, -0.25) is 29.1 Å². The molecule has 16 nitrogen and oxygen atoms in total. The maximum Gasteiger partial charge on any atom is 0.425 e. The van der Waals surface area contributed by atoms with Crippen molar-refractivity contribution in [3.8, 4) is 74.0 Å². The Morgan fingerprint density at radius 1 is 0.547 bits per heavy atom. The molecule has 3 spiro atoms. The van der Waals surface area contributed by atoms with Gasteiger partial charge in [0.15, 0.2) is 34.5 Å². The van der Waals surface area contributed by atoms with Gasteiger partial charge in [-0.1, -0.05) is 62.1 Å². The molecule has 26 heteroatoms. The fraction of sp³-hybridized carbons (Fsp3) is 0.267. The van der Waals surface area contributed by atoms with Crippen molar-refractivity contribution in [3.63, 3.8) is 0 Å². The summed E-state index contributed by atoms with van der Waals surface area (Å²) >= 11 is 30.5. The van der Waals surface area contributed by atoms with E-state index < -0.39 is 27.3 Å². The third kappa shape index (κ3) is 6.68. The zero-order chi connectivity index (χ0) is 58.1. The predicted molar refractivity (Wildman–Crippen MR) is 326 cm³/mol. The van der Waals surface area contributed by atoms with Crippen LogP contribution in [0.5, 0.6) is 51.7 Å². The first-order valence-corrected chi connectivity index (χ1v) is 31.4. The van der Waals surface area contributed by atoms with Crippen molar-refractivity contribution in [2.75, 3.05) is 55.2 Å². The Morgan fingerprint density at radius 2 is 1.02 bits per heavy atom. The van der Waals surface area contributed by atoms with Gasteiger partial charge in [0.2, 0.25) is 20.4 Å². The summed E-state index contributed by atoms with van der Waals surface area (Å²) < 4.78 is 109. The van der Waals surface area contributed by atoms with Crippen LogP contribution in [0.4, 0.5) is 13.2 Å². The maximum absolute atomic E-state index is 15.3. The predicted octanol–water partition coefficient (Wildman–Crippen LogP) is 12.5. The van der Waals surface area contributed by atoms with E-state index in [0.717, 1.165) is 48.5 Å². The summed E-state index contributed by atoms with van der Waals surface area (Å²) in [4.78, 5) is 7.82. The minimum absolute atomic E-state index is 0.00341. The van der Waals surface area contributed by atoms with Gasteiger partial charge in [-0.15, -0.1) is 34.0 Å². The summed E-state index contributed by atoms with van der Waals surface area (Å²) in [7, 11) is 0. The van der Waals surface area contributed by atoms with Crippen LogP contribution in [0.1, 0.15) is 78.1 Å². The normalized spacial score (nSPS) is 21.8.